The molecule has 7 nitrogen and oxygen atoms in total. The second-order valence-electron chi connectivity index (χ2n) is 7.53. The first-order valence-corrected chi connectivity index (χ1v) is 12.2. The van der Waals surface area contributed by atoms with E-state index >= 15 is 0 Å². The molecule has 0 bridgehead atoms. The van der Waals surface area contributed by atoms with Gasteiger partial charge in [0.15, 0.2) is 9.84 Å². The Morgan fingerprint density at radius 1 is 1.00 bits per heavy atom. The fraction of sp³-hybridized carbons (Fsp3) is 0.611. The summed E-state index contributed by atoms with van der Waals surface area (Å²) in [6, 6.07) is 3.68. The van der Waals surface area contributed by atoms with Gasteiger partial charge in [-0.05, 0) is 38.1 Å². The van der Waals surface area contributed by atoms with Crippen LogP contribution in [0.3, 0.4) is 0 Å². The van der Waals surface area contributed by atoms with E-state index in [2.05, 4.69) is 10.2 Å². The van der Waals surface area contributed by atoms with Crippen LogP contribution >= 0.6 is 23.2 Å². The zero-order chi connectivity index (χ0) is 19.9. The van der Waals surface area contributed by atoms with Crippen LogP contribution in [-0.4, -0.2) is 66.7 Å². The van der Waals surface area contributed by atoms with Gasteiger partial charge in [-0.1, -0.05) is 23.2 Å². The summed E-state index contributed by atoms with van der Waals surface area (Å²) in [5.41, 5.74) is 1.54. The van der Waals surface area contributed by atoms with Gasteiger partial charge in [-0.3, -0.25) is 14.0 Å². The monoisotopic (exact) mass is 446 g/mol. The maximum atomic E-state index is 13.3. The number of aromatic nitrogens is 2. The maximum absolute atomic E-state index is 13.3. The largest absolute Gasteiger partial charge is 0.329 e. The van der Waals surface area contributed by atoms with Gasteiger partial charge in [0.1, 0.15) is 0 Å². The number of imidazole rings is 1. The van der Waals surface area contributed by atoms with Crippen molar-refractivity contribution in [2.24, 2.45) is 0 Å². The SMILES string of the molecule is O=c1n(CCN2CCS(=O)(=O)CC2)c2cc(Cl)c(Cl)cc2n1C1CCNCC1. The highest BCUT2D eigenvalue weighted by molar-refractivity contribution is 7.91. The Kier molecular flexibility index (Phi) is 5.77. The van der Waals surface area contributed by atoms with E-state index in [4.69, 9.17) is 23.2 Å². The van der Waals surface area contributed by atoms with Crippen LogP contribution in [0.4, 0.5) is 0 Å². The highest BCUT2D eigenvalue weighted by Crippen LogP contribution is 2.30. The first-order valence-electron chi connectivity index (χ1n) is 9.59. The standard InChI is InChI=1S/C18H24Cl2N4O3S/c19-14-11-16-17(12-15(14)20)24(13-1-3-21-4-2-13)18(25)23(16)6-5-22-7-9-28(26,27)10-8-22/h11-13,21H,1-10H2. The highest BCUT2D eigenvalue weighted by atomic mass is 35.5. The molecule has 2 aliphatic rings. The molecule has 28 heavy (non-hydrogen) atoms. The van der Waals surface area contributed by atoms with E-state index in [9.17, 15) is 13.2 Å². The lowest BCUT2D eigenvalue weighted by atomic mass is 10.1. The van der Waals surface area contributed by atoms with E-state index in [1.807, 2.05) is 4.57 Å². The molecule has 0 radical (unpaired) electrons. The van der Waals surface area contributed by atoms with Crippen molar-refractivity contribution in [3.8, 4) is 0 Å². The Bertz CT molecular complexity index is 1030. The number of nitrogens with one attached hydrogen (secondary N) is 1. The number of piperidine rings is 1. The highest BCUT2D eigenvalue weighted by Gasteiger charge is 2.25. The second-order valence-corrected chi connectivity index (χ2v) is 10.7. The lowest BCUT2D eigenvalue weighted by Gasteiger charge is -2.26. The Morgan fingerprint density at radius 2 is 1.61 bits per heavy atom. The number of sulfone groups is 1. The summed E-state index contributed by atoms with van der Waals surface area (Å²) < 4.78 is 26.9. The van der Waals surface area contributed by atoms with E-state index in [0.29, 0.717) is 36.2 Å². The predicted octanol–water partition coefficient (Wildman–Crippen LogP) is 1.76. The number of hydrogen-bond acceptors (Lipinski definition) is 5. The second kappa shape index (κ2) is 7.99. The van der Waals surface area contributed by atoms with Gasteiger partial charge in [0.05, 0.1) is 32.6 Å². The summed E-state index contributed by atoms with van der Waals surface area (Å²) in [5, 5.41) is 4.19. The zero-order valence-electron chi connectivity index (χ0n) is 15.5. The van der Waals surface area contributed by atoms with Crippen molar-refractivity contribution in [3.05, 3.63) is 32.7 Å². The topological polar surface area (TPSA) is 76.3 Å². The molecule has 2 saturated heterocycles. The van der Waals surface area contributed by atoms with Crippen molar-refractivity contribution in [2.45, 2.75) is 25.4 Å². The maximum Gasteiger partial charge on any atom is 0.329 e. The van der Waals surface area contributed by atoms with Crippen LogP contribution in [0.1, 0.15) is 18.9 Å². The average Bonchev–Trinajstić information content (AvgIpc) is 2.93. The van der Waals surface area contributed by atoms with Gasteiger partial charge in [-0.2, -0.15) is 0 Å². The van der Waals surface area contributed by atoms with Crippen LogP contribution < -0.4 is 11.0 Å². The normalized spacial score (nSPS) is 21.4. The van der Waals surface area contributed by atoms with E-state index in [1.165, 1.54) is 0 Å². The van der Waals surface area contributed by atoms with Crippen molar-refractivity contribution in [3.63, 3.8) is 0 Å². The van der Waals surface area contributed by atoms with Gasteiger partial charge in [0, 0.05) is 32.2 Å². The molecular weight excluding hydrogens is 423 g/mol. The summed E-state index contributed by atoms with van der Waals surface area (Å²) >= 11 is 12.5. The molecule has 10 heteroatoms. The first-order chi connectivity index (χ1) is 13.4. The minimum atomic E-state index is -2.91. The summed E-state index contributed by atoms with van der Waals surface area (Å²) in [6.07, 6.45) is 1.78. The summed E-state index contributed by atoms with van der Waals surface area (Å²) in [5.74, 6) is 0.361. The Labute approximate surface area is 174 Å². The molecule has 1 N–H and O–H groups in total. The van der Waals surface area contributed by atoms with E-state index < -0.39 is 9.84 Å². The van der Waals surface area contributed by atoms with Gasteiger partial charge in [0.2, 0.25) is 0 Å². The summed E-state index contributed by atoms with van der Waals surface area (Å²) in [4.78, 5) is 15.4. The van der Waals surface area contributed by atoms with Crippen LogP contribution in [0.25, 0.3) is 11.0 Å². The molecule has 3 heterocycles. The van der Waals surface area contributed by atoms with Gasteiger partial charge in [-0.15, -0.1) is 0 Å². The summed E-state index contributed by atoms with van der Waals surface area (Å²) in [6.45, 7) is 3.90. The average molecular weight is 447 g/mol. The molecule has 0 unspecified atom stereocenters. The van der Waals surface area contributed by atoms with Crippen LogP contribution in [0, 0.1) is 0 Å². The molecule has 0 amide bonds. The molecule has 0 atom stereocenters. The molecule has 4 rings (SSSR count). The van der Waals surface area contributed by atoms with Gasteiger partial charge >= 0.3 is 5.69 Å². The van der Waals surface area contributed by atoms with Crippen molar-refractivity contribution in [1.29, 1.82) is 0 Å². The van der Waals surface area contributed by atoms with Gasteiger partial charge < -0.3 is 5.32 Å². The Balaban J connectivity index is 1.66. The summed E-state index contributed by atoms with van der Waals surface area (Å²) in [7, 11) is -2.91. The minimum Gasteiger partial charge on any atom is -0.317 e. The van der Waals surface area contributed by atoms with E-state index in [-0.39, 0.29) is 23.2 Å². The van der Waals surface area contributed by atoms with Crippen molar-refractivity contribution in [2.75, 3.05) is 44.2 Å². The number of rotatable bonds is 4. The van der Waals surface area contributed by atoms with Crippen molar-refractivity contribution in [1.82, 2.24) is 19.4 Å². The number of nitrogens with zero attached hydrogens (tertiary/aromatic N) is 3. The molecule has 0 saturated carbocycles. The first kappa shape index (κ1) is 20.2. The molecule has 2 aliphatic heterocycles. The fourth-order valence-electron chi connectivity index (χ4n) is 4.12. The molecule has 0 aliphatic carbocycles. The third-order valence-electron chi connectivity index (χ3n) is 5.76. The molecule has 2 aromatic rings. The van der Waals surface area contributed by atoms with E-state index in [1.54, 1.807) is 16.7 Å². The Hall–Kier alpha value is -1.06. The lowest BCUT2D eigenvalue weighted by Crippen LogP contribution is -2.42. The number of halogens is 2. The smallest absolute Gasteiger partial charge is 0.317 e. The van der Waals surface area contributed by atoms with Gasteiger partial charge in [-0.25, -0.2) is 13.2 Å². The van der Waals surface area contributed by atoms with E-state index in [0.717, 1.165) is 37.0 Å². The molecule has 1 aromatic heterocycles. The van der Waals surface area contributed by atoms with Crippen LogP contribution in [0.5, 0.6) is 0 Å². The fourth-order valence-corrected chi connectivity index (χ4v) is 5.71. The van der Waals surface area contributed by atoms with Crippen LogP contribution in [0.15, 0.2) is 16.9 Å². The molecule has 1 aromatic carbocycles. The van der Waals surface area contributed by atoms with Crippen LogP contribution in [-0.2, 0) is 16.4 Å². The van der Waals surface area contributed by atoms with Gasteiger partial charge in [0.25, 0.3) is 0 Å². The lowest BCUT2D eigenvalue weighted by molar-refractivity contribution is 0.281. The van der Waals surface area contributed by atoms with Crippen molar-refractivity contribution < 1.29 is 8.42 Å². The molecule has 154 valence electrons. The Morgan fingerprint density at radius 3 is 2.25 bits per heavy atom. The van der Waals surface area contributed by atoms with Crippen LogP contribution in [0.2, 0.25) is 10.0 Å². The predicted molar refractivity (Wildman–Crippen MR) is 112 cm³/mol. The molecular formula is C18H24Cl2N4O3S. The molecule has 2 fully saturated rings. The number of benzene rings is 1. The number of fused-ring (bicyclic) bond motifs is 1. The molecule has 0 spiro atoms. The quantitative estimate of drug-likeness (QED) is 0.773. The number of hydrogen-bond donors (Lipinski definition) is 1. The minimum absolute atomic E-state index is 0.0511. The zero-order valence-corrected chi connectivity index (χ0v) is 17.9. The third-order valence-corrected chi connectivity index (χ3v) is 8.09. The third kappa shape index (κ3) is 3.98. The van der Waals surface area contributed by atoms with Crippen molar-refractivity contribution >= 4 is 44.1 Å².